The Labute approximate surface area is 194 Å². The van der Waals surface area contributed by atoms with E-state index in [1.165, 1.54) is 20.3 Å². The van der Waals surface area contributed by atoms with Crippen molar-refractivity contribution in [2.45, 2.75) is 12.8 Å². The summed E-state index contributed by atoms with van der Waals surface area (Å²) in [5, 5.41) is 26.4. The zero-order valence-electron chi connectivity index (χ0n) is 18.4. The van der Waals surface area contributed by atoms with E-state index in [4.69, 9.17) is 14.6 Å². The van der Waals surface area contributed by atoms with Crippen LogP contribution in [0.3, 0.4) is 0 Å². The fraction of sp³-hybridized carbons (Fsp3) is 0.167. The zero-order valence-corrected chi connectivity index (χ0v) is 18.4. The van der Waals surface area contributed by atoms with Crippen LogP contribution in [0.2, 0.25) is 0 Å². The van der Waals surface area contributed by atoms with Crippen molar-refractivity contribution in [3.63, 3.8) is 0 Å². The van der Waals surface area contributed by atoms with Crippen LogP contribution in [0.5, 0.6) is 11.5 Å². The molecule has 3 aromatic rings. The molecule has 3 N–H and O–H groups in total. The third kappa shape index (κ3) is 4.33. The number of rotatable bonds is 7. The van der Waals surface area contributed by atoms with Crippen molar-refractivity contribution in [2.24, 2.45) is 0 Å². The van der Waals surface area contributed by atoms with Gasteiger partial charge in [0.2, 0.25) is 0 Å². The van der Waals surface area contributed by atoms with E-state index in [9.17, 15) is 19.7 Å². The summed E-state index contributed by atoms with van der Waals surface area (Å²) in [7, 11) is 2.85. The van der Waals surface area contributed by atoms with Gasteiger partial charge in [0.15, 0.2) is 5.75 Å². The summed E-state index contributed by atoms with van der Waals surface area (Å²) in [5.74, 6) is -0.642. The predicted octanol–water partition coefficient (Wildman–Crippen LogP) is 4.61. The molecule has 10 nitrogen and oxygen atoms in total. The van der Waals surface area contributed by atoms with Gasteiger partial charge in [-0.25, -0.2) is 0 Å². The molecule has 0 unspecified atom stereocenters. The topological polar surface area (TPSA) is 140 Å². The van der Waals surface area contributed by atoms with Crippen LogP contribution in [0.25, 0.3) is 11.1 Å². The van der Waals surface area contributed by atoms with Crippen LogP contribution in [0.4, 0.5) is 22.7 Å². The molecule has 1 aliphatic heterocycles. The first-order chi connectivity index (χ1) is 16.3. The number of anilines is 3. The molecule has 0 saturated carbocycles. The van der Waals surface area contributed by atoms with Crippen molar-refractivity contribution < 1.29 is 29.1 Å². The van der Waals surface area contributed by atoms with Gasteiger partial charge in [0, 0.05) is 18.6 Å². The summed E-state index contributed by atoms with van der Waals surface area (Å²) in [4.78, 5) is 34.6. The van der Waals surface area contributed by atoms with Gasteiger partial charge in [-0.2, -0.15) is 0 Å². The molecule has 4 rings (SSSR count). The number of benzene rings is 3. The van der Waals surface area contributed by atoms with Crippen molar-refractivity contribution in [3.05, 3.63) is 69.8 Å². The van der Waals surface area contributed by atoms with Crippen LogP contribution in [-0.4, -0.2) is 36.1 Å². The molecule has 1 amide bonds. The number of amides is 1. The minimum atomic E-state index is -0.924. The number of methoxy groups -OCH3 is 2. The molecule has 3 aromatic carbocycles. The van der Waals surface area contributed by atoms with Crippen LogP contribution in [0.15, 0.2) is 48.5 Å². The van der Waals surface area contributed by atoms with E-state index in [0.717, 1.165) is 5.56 Å². The summed E-state index contributed by atoms with van der Waals surface area (Å²) in [6.45, 7) is 0. The molecule has 0 aliphatic carbocycles. The summed E-state index contributed by atoms with van der Waals surface area (Å²) in [5.41, 5.74) is 3.95. The normalized spacial score (nSPS) is 11.9. The van der Waals surface area contributed by atoms with Crippen LogP contribution in [0, 0.1) is 10.1 Å². The molecule has 0 spiro atoms. The van der Waals surface area contributed by atoms with E-state index in [1.807, 2.05) is 0 Å². The van der Waals surface area contributed by atoms with Crippen LogP contribution in [0.1, 0.15) is 22.3 Å². The Morgan fingerprint density at radius 2 is 1.62 bits per heavy atom. The SMILES string of the molecule is COc1cc2c(cc1CCC(=O)O)Nc1cc(-c3ccc([N+](=O)[O-])c(OC)c3)ccc1C(=O)N2. The van der Waals surface area contributed by atoms with E-state index < -0.39 is 10.9 Å². The molecule has 0 aromatic heterocycles. The van der Waals surface area contributed by atoms with Gasteiger partial charge in [0.25, 0.3) is 5.91 Å². The van der Waals surface area contributed by atoms with Crippen molar-refractivity contribution in [1.29, 1.82) is 0 Å². The highest BCUT2D eigenvalue weighted by Crippen LogP contribution is 2.39. The Morgan fingerprint density at radius 1 is 0.941 bits per heavy atom. The van der Waals surface area contributed by atoms with Gasteiger partial charge in [-0.15, -0.1) is 0 Å². The minimum Gasteiger partial charge on any atom is -0.496 e. The molecule has 0 saturated heterocycles. The molecule has 0 bridgehead atoms. The number of aryl methyl sites for hydroxylation is 1. The lowest BCUT2D eigenvalue weighted by Crippen LogP contribution is -2.11. The number of ether oxygens (including phenoxy) is 2. The summed E-state index contributed by atoms with van der Waals surface area (Å²) in [6.07, 6.45) is 0.196. The molecule has 10 heteroatoms. The van der Waals surface area contributed by atoms with Crippen molar-refractivity contribution in [1.82, 2.24) is 0 Å². The number of nitro benzene ring substituents is 1. The minimum absolute atomic E-state index is 0.0653. The molecule has 0 radical (unpaired) electrons. The molecule has 174 valence electrons. The van der Waals surface area contributed by atoms with Crippen molar-refractivity contribution in [2.75, 3.05) is 24.9 Å². The third-order valence-electron chi connectivity index (χ3n) is 5.52. The number of hydrogen-bond acceptors (Lipinski definition) is 7. The van der Waals surface area contributed by atoms with Crippen LogP contribution in [-0.2, 0) is 11.2 Å². The number of carboxylic acids is 1. The largest absolute Gasteiger partial charge is 0.496 e. The Balaban J connectivity index is 1.75. The number of carbonyl (C=O) groups is 2. The second-order valence-corrected chi connectivity index (χ2v) is 7.59. The quantitative estimate of drug-likeness (QED) is 0.341. The number of nitrogens with zero attached hydrogens (tertiary/aromatic N) is 1. The third-order valence-corrected chi connectivity index (χ3v) is 5.52. The molecule has 0 atom stereocenters. The Morgan fingerprint density at radius 3 is 2.29 bits per heavy atom. The van der Waals surface area contributed by atoms with Gasteiger partial charge in [-0.05, 0) is 53.4 Å². The van der Waals surface area contributed by atoms with Gasteiger partial charge in [0.05, 0.1) is 41.8 Å². The highest BCUT2D eigenvalue weighted by Gasteiger charge is 2.22. The summed E-state index contributed by atoms with van der Waals surface area (Å²) >= 11 is 0. The zero-order chi connectivity index (χ0) is 24.4. The van der Waals surface area contributed by atoms with Crippen molar-refractivity contribution >= 4 is 34.6 Å². The number of carboxylic acid groups (broad SMARTS) is 1. The first-order valence-corrected chi connectivity index (χ1v) is 10.3. The van der Waals surface area contributed by atoms with Crippen LogP contribution < -0.4 is 20.1 Å². The van der Waals surface area contributed by atoms with E-state index in [1.54, 1.807) is 42.5 Å². The van der Waals surface area contributed by atoms with E-state index in [2.05, 4.69) is 10.6 Å². The standard InChI is InChI=1S/C24H21N3O7/c1-33-21-12-19-18(10-15(21)5-8-23(28)29)25-17-9-13(3-6-16(17)24(30)26-19)14-4-7-20(27(31)32)22(11-14)34-2/h3-4,6-7,9-12,25H,5,8H2,1-2H3,(H,26,30)(H,28,29). The van der Waals surface area contributed by atoms with E-state index >= 15 is 0 Å². The first-order valence-electron chi connectivity index (χ1n) is 10.3. The highest BCUT2D eigenvalue weighted by atomic mass is 16.6. The lowest BCUT2D eigenvalue weighted by molar-refractivity contribution is -0.385. The van der Waals surface area contributed by atoms with E-state index in [0.29, 0.717) is 39.5 Å². The Kier molecular flexibility index (Phi) is 6.05. The molecular formula is C24H21N3O7. The van der Waals surface area contributed by atoms with Gasteiger partial charge >= 0.3 is 11.7 Å². The summed E-state index contributed by atoms with van der Waals surface area (Å²) in [6, 6.07) is 13.1. The van der Waals surface area contributed by atoms with E-state index in [-0.39, 0.29) is 30.2 Å². The average Bonchev–Trinajstić information content (AvgIpc) is 2.96. The fourth-order valence-electron chi connectivity index (χ4n) is 3.83. The average molecular weight is 463 g/mol. The molecule has 1 aliphatic rings. The molecule has 34 heavy (non-hydrogen) atoms. The Hall–Kier alpha value is -4.60. The number of nitro groups is 1. The van der Waals surface area contributed by atoms with Gasteiger partial charge in [-0.3, -0.25) is 19.7 Å². The number of fused-ring (bicyclic) bond motifs is 2. The van der Waals surface area contributed by atoms with Gasteiger partial charge < -0.3 is 25.2 Å². The second kappa shape index (κ2) is 9.10. The maximum absolute atomic E-state index is 12.9. The van der Waals surface area contributed by atoms with Crippen molar-refractivity contribution in [3.8, 4) is 22.6 Å². The maximum Gasteiger partial charge on any atom is 0.310 e. The van der Waals surface area contributed by atoms with Crippen LogP contribution >= 0.6 is 0 Å². The number of carbonyl (C=O) groups excluding carboxylic acids is 1. The van der Waals surface area contributed by atoms with Gasteiger partial charge in [0.1, 0.15) is 5.75 Å². The Bertz CT molecular complexity index is 1320. The molecule has 0 fully saturated rings. The van der Waals surface area contributed by atoms with Gasteiger partial charge in [-0.1, -0.05) is 6.07 Å². The number of aliphatic carboxylic acids is 1. The predicted molar refractivity (Wildman–Crippen MR) is 125 cm³/mol. The molecular weight excluding hydrogens is 442 g/mol. The first kappa shape index (κ1) is 22.6. The fourth-order valence-corrected chi connectivity index (χ4v) is 3.83. The number of nitrogens with one attached hydrogen (secondary N) is 2. The highest BCUT2D eigenvalue weighted by molar-refractivity contribution is 6.12. The molecule has 1 heterocycles. The number of hydrogen-bond donors (Lipinski definition) is 3. The lowest BCUT2D eigenvalue weighted by Gasteiger charge is -2.15. The lowest BCUT2D eigenvalue weighted by atomic mass is 10.0. The summed E-state index contributed by atoms with van der Waals surface area (Å²) < 4.78 is 10.6. The smallest absolute Gasteiger partial charge is 0.310 e. The monoisotopic (exact) mass is 463 g/mol. The second-order valence-electron chi connectivity index (χ2n) is 7.59. The maximum atomic E-state index is 12.9.